The first-order chi connectivity index (χ1) is 9.08. The number of rotatable bonds is 7. The maximum atomic E-state index is 12.0. The Labute approximate surface area is 120 Å². The Hall–Kier alpha value is -0.740. The molecule has 1 aliphatic rings. The average molecular weight is 302 g/mol. The van der Waals surface area contributed by atoms with Crippen molar-refractivity contribution < 1.29 is 8.42 Å². The highest BCUT2D eigenvalue weighted by atomic mass is 35.5. The van der Waals surface area contributed by atoms with Gasteiger partial charge in [-0.2, -0.15) is 0 Å². The maximum absolute atomic E-state index is 12.0. The summed E-state index contributed by atoms with van der Waals surface area (Å²) in [4.78, 5) is 2.68. The molecule has 1 aromatic rings. The fourth-order valence-electron chi connectivity index (χ4n) is 2.23. The van der Waals surface area contributed by atoms with E-state index in [-0.39, 0.29) is 5.75 Å². The quantitative estimate of drug-likeness (QED) is 0.726. The van der Waals surface area contributed by atoms with Crippen LogP contribution in [0.3, 0.4) is 0 Å². The van der Waals surface area contributed by atoms with Gasteiger partial charge in [0.25, 0.3) is 0 Å². The first-order valence-corrected chi connectivity index (χ1v) is 8.92. The third kappa shape index (κ3) is 3.63. The van der Waals surface area contributed by atoms with Crippen molar-refractivity contribution in [2.24, 2.45) is 0 Å². The van der Waals surface area contributed by atoms with Crippen LogP contribution in [0.5, 0.6) is 0 Å². The third-order valence-electron chi connectivity index (χ3n) is 3.31. The standard InChI is InChI=1S/C14H20ClNO2S/c1-2-11-19(17,18)14-7-5-13(6-8-14)16(10-9-15)12-3-4-12/h5-8,12H,2-4,9-11H2,1H3. The second-order valence-electron chi connectivity index (χ2n) is 4.93. The largest absolute Gasteiger partial charge is 0.367 e. The van der Waals surface area contributed by atoms with Crippen molar-refractivity contribution in [1.29, 1.82) is 0 Å². The summed E-state index contributed by atoms with van der Waals surface area (Å²) in [6, 6.07) is 7.80. The van der Waals surface area contributed by atoms with E-state index in [4.69, 9.17) is 11.6 Å². The van der Waals surface area contributed by atoms with Crippen molar-refractivity contribution in [3.8, 4) is 0 Å². The lowest BCUT2D eigenvalue weighted by Crippen LogP contribution is -2.27. The van der Waals surface area contributed by atoms with Crippen LogP contribution in [0.15, 0.2) is 29.2 Å². The first kappa shape index (κ1) is 14.7. The van der Waals surface area contributed by atoms with E-state index in [0.29, 0.717) is 23.2 Å². The molecule has 0 amide bonds. The van der Waals surface area contributed by atoms with E-state index in [1.165, 1.54) is 12.8 Å². The number of anilines is 1. The van der Waals surface area contributed by atoms with Crippen molar-refractivity contribution >= 4 is 27.1 Å². The van der Waals surface area contributed by atoms with E-state index in [0.717, 1.165) is 12.2 Å². The van der Waals surface area contributed by atoms with Gasteiger partial charge in [0.1, 0.15) is 0 Å². The Bertz CT molecular complexity index is 509. The zero-order chi connectivity index (χ0) is 13.9. The lowest BCUT2D eigenvalue weighted by molar-refractivity contribution is 0.594. The maximum Gasteiger partial charge on any atom is 0.178 e. The molecular weight excluding hydrogens is 282 g/mol. The highest BCUT2D eigenvalue weighted by Gasteiger charge is 2.28. The van der Waals surface area contributed by atoms with Gasteiger partial charge in [-0.25, -0.2) is 8.42 Å². The van der Waals surface area contributed by atoms with Crippen molar-refractivity contribution in [2.75, 3.05) is 23.1 Å². The molecular formula is C14H20ClNO2S. The molecule has 2 rings (SSSR count). The first-order valence-electron chi connectivity index (χ1n) is 6.74. The molecule has 0 spiro atoms. The molecule has 0 unspecified atom stereocenters. The highest BCUT2D eigenvalue weighted by molar-refractivity contribution is 7.91. The van der Waals surface area contributed by atoms with Gasteiger partial charge in [0.05, 0.1) is 10.6 Å². The van der Waals surface area contributed by atoms with Gasteiger partial charge in [0.15, 0.2) is 9.84 Å². The molecule has 106 valence electrons. The van der Waals surface area contributed by atoms with E-state index in [1.54, 1.807) is 12.1 Å². The van der Waals surface area contributed by atoms with Crippen LogP contribution in [-0.4, -0.2) is 32.6 Å². The number of hydrogen-bond acceptors (Lipinski definition) is 3. The molecule has 0 bridgehead atoms. The molecule has 0 aliphatic heterocycles. The Morgan fingerprint density at radius 3 is 2.37 bits per heavy atom. The topological polar surface area (TPSA) is 37.4 Å². The summed E-state index contributed by atoms with van der Waals surface area (Å²) in [7, 11) is -3.11. The molecule has 0 radical (unpaired) electrons. The Balaban J connectivity index is 2.17. The van der Waals surface area contributed by atoms with Crippen LogP contribution in [-0.2, 0) is 9.84 Å². The van der Waals surface area contributed by atoms with Crippen LogP contribution in [0, 0.1) is 0 Å². The number of nitrogens with zero attached hydrogens (tertiary/aromatic N) is 1. The average Bonchev–Trinajstić information content (AvgIpc) is 3.20. The number of halogens is 1. The molecule has 0 atom stereocenters. The van der Waals surface area contributed by atoms with Crippen LogP contribution < -0.4 is 4.90 Å². The zero-order valence-corrected chi connectivity index (χ0v) is 12.8. The summed E-state index contributed by atoms with van der Waals surface area (Å²) in [5.74, 6) is 0.798. The molecule has 0 saturated heterocycles. The van der Waals surface area contributed by atoms with Gasteiger partial charge in [-0.3, -0.25) is 0 Å². The van der Waals surface area contributed by atoms with Gasteiger partial charge in [0, 0.05) is 24.2 Å². The number of alkyl halides is 1. The SMILES string of the molecule is CCCS(=O)(=O)c1ccc(N(CCCl)C2CC2)cc1. The fraction of sp³-hybridized carbons (Fsp3) is 0.571. The summed E-state index contributed by atoms with van der Waals surface area (Å²) in [5.41, 5.74) is 1.07. The molecule has 1 aliphatic carbocycles. The van der Waals surface area contributed by atoms with Crippen molar-refractivity contribution in [2.45, 2.75) is 37.1 Å². The smallest absolute Gasteiger partial charge is 0.178 e. The summed E-state index contributed by atoms with van der Waals surface area (Å²) in [6.45, 7) is 2.69. The summed E-state index contributed by atoms with van der Waals surface area (Å²) in [6.07, 6.45) is 3.05. The molecule has 3 nitrogen and oxygen atoms in total. The number of hydrogen-bond donors (Lipinski definition) is 0. The predicted octanol–water partition coefficient (Wildman–Crippen LogP) is 3.08. The molecule has 1 aromatic carbocycles. The molecule has 0 heterocycles. The van der Waals surface area contributed by atoms with Crippen molar-refractivity contribution in [3.63, 3.8) is 0 Å². The minimum absolute atomic E-state index is 0.209. The van der Waals surface area contributed by atoms with Gasteiger partial charge in [-0.1, -0.05) is 6.92 Å². The second-order valence-corrected chi connectivity index (χ2v) is 7.41. The van der Waals surface area contributed by atoms with Crippen LogP contribution >= 0.6 is 11.6 Å². The molecule has 0 aromatic heterocycles. The minimum atomic E-state index is -3.11. The van der Waals surface area contributed by atoms with Gasteiger partial charge >= 0.3 is 0 Å². The molecule has 19 heavy (non-hydrogen) atoms. The molecule has 1 saturated carbocycles. The van der Waals surface area contributed by atoms with Gasteiger partial charge in [-0.15, -0.1) is 11.6 Å². The van der Waals surface area contributed by atoms with Crippen molar-refractivity contribution in [3.05, 3.63) is 24.3 Å². The van der Waals surface area contributed by atoms with Crippen LogP contribution in [0.2, 0.25) is 0 Å². The third-order valence-corrected chi connectivity index (χ3v) is 5.42. The Kier molecular flexibility index (Phi) is 4.74. The Morgan fingerprint density at radius 1 is 1.26 bits per heavy atom. The molecule has 5 heteroatoms. The summed E-state index contributed by atoms with van der Waals surface area (Å²) >= 11 is 5.83. The number of sulfone groups is 1. The van der Waals surface area contributed by atoms with E-state index in [2.05, 4.69) is 4.90 Å². The lowest BCUT2D eigenvalue weighted by atomic mass is 10.3. The Morgan fingerprint density at radius 2 is 1.89 bits per heavy atom. The lowest BCUT2D eigenvalue weighted by Gasteiger charge is -2.23. The van der Waals surface area contributed by atoms with Crippen LogP contribution in [0.25, 0.3) is 0 Å². The van der Waals surface area contributed by atoms with E-state index >= 15 is 0 Å². The van der Waals surface area contributed by atoms with E-state index < -0.39 is 9.84 Å². The van der Waals surface area contributed by atoms with Crippen LogP contribution in [0.1, 0.15) is 26.2 Å². The normalized spacial score (nSPS) is 15.5. The fourth-order valence-corrected chi connectivity index (χ4v) is 3.74. The van der Waals surface area contributed by atoms with Crippen LogP contribution in [0.4, 0.5) is 5.69 Å². The summed E-state index contributed by atoms with van der Waals surface area (Å²) in [5, 5.41) is 0. The highest BCUT2D eigenvalue weighted by Crippen LogP contribution is 2.32. The zero-order valence-electron chi connectivity index (χ0n) is 11.2. The van der Waals surface area contributed by atoms with E-state index in [9.17, 15) is 8.42 Å². The van der Waals surface area contributed by atoms with Gasteiger partial charge < -0.3 is 4.90 Å². The minimum Gasteiger partial charge on any atom is -0.367 e. The molecule has 1 fully saturated rings. The summed E-state index contributed by atoms with van der Waals surface area (Å²) < 4.78 is 23.9. The monoisotopic (exact) mass is 301 g/mol. The second kappa shape index (κ2) is 6.14. The van der Waals surface area contributed by atoms with Gasteiger partial charge in [0.2, 0.25) is 0 Å². The van der Waals surface area contributed by atoms with Crippen molar-refractivity contribution in [1.82, 2.24) is 0 Å². The predicted molar refractivity (Wildman–Crippen MR) is 79.9 cm³/mol. The molecule has 0 N–H and O–H groups in total. The number of benzene rings is 1. The van der Waals surface area contributed by atoms with Gasteiger partial charge in [-0.05, 0) is 43.5 Å². The van der Waals surface area contributed by atoms with E-state index in [1.807, 2.05) is 19.1 Å².